The Hall–Kier alpha value is -0.120. The molecular formula is C13H16BrClFN. The molecule has 1 aliphatic rings. The van der Waals surface area contributed by atoms with Gasteiger partial charge in [0.05, 0.1) is 5.02 Å². The Morgan fingerprint density at radius 3 is 2.88 bits per heavy atom. The molecule has 0 spiro atoms. The van der Waals surface area contributed by atoms with Crippen LogP contribution in [0.25, 0.3) is 0 Å². The van der Waals surface area contributed by atoms with Crippen LogP contribution in [0.2, 0.25) is 5.02 Å². The van der Waals surface area contributed by atoms with E-state index in [1.165, 1.54) is 6.42 Å². The number of nitrogens with one attached hydrogen (secondary N) is 1. The molecule has 1 aromatic rings. The summed E-state index contributed by atoms with van der Waals surface area (Å²) in [6.45, 7) is 0. The lowest BCUT2D eigenvalue weighted by molar-refractivity contribution is 0.349. The first-order valence-electron chi connectivity index (χ1n) is 5.94. The topological polar surface area (TPSA) is 12.0 Å². The lowest BCUT2D eigenvalue weighted by Gasteiger charge is -2.29. The largest absolute Gasteiger partial charge is 0.317 e. The molecule has 1 aliphatic carbocycles. The summed E-state index contributed by atoms with van der Waals surface area (Å²) in [7, 11) is 1.97. The van der Waals surface area contributed by atoms with E-state index < -0.39 is 0 Å². The number of benzene rings is 1. The molecule has 0 radical (unpaired) electrons. The zero-order valence-corrected chi connectivity index (χ0v) is 12.1. The van der Waals surface area contributed by atoms with Crippen molar-refractivity contribution in [2.75, 3.05) is 7.05 Å². The van der Waals surface area contributed by atoms with Crippen LogP contribution >= 0.6 is 27.5 Å². The lowest BCUT2D eigenvalue weighted by Crippen LogP contribution is -2.30. The summed E-state index contributed by atoms with van der Waals surface area (Å²) in [5.41, 5.74) is 0.762. The van der Waals surface area contributed by atoms with Gasteiger partial charge in [-0.15, -0.1) is 0 Å². The third kappa shape index (κ3) is 2.83. The summed E-state index contributed by atoms with van der Waals surface area (Å²) in [5, 5.41) is 3.49. The highest BCUT2D eigenvalue weighted by molar-refractivity contribution is 9.10. The molecular weight excluding hydrogens is 305 g/mol. The fourth-order valence-corrected chi connectivity index (χ4v) is 3.07. The monoisotopic (exact) mass is 319 g/mol. The first-order valence-corrected chi connectivity index (χ1v) is 7.11. The van der Waals surface area contributed by atoms with E-state index in [4.69, 9.17) is 11.6 Å². The van der Waals surface area contributed by atoms with Crippen molar-refractivity contribution in [3.63, 3.8) is 0 Å². The van der Waals surface area contributed by atoms with Crippen molar-refractivity contribution in [1.29, 1.82) is 0 Å². The molecule has 2 unspecified atom stereocenters. The first kappa shape index (κ1) is 13.3. The molecule has 0 aromatic heterocycles. The van der Waals surface area contributed by atoms with Gasteiger partial charge in [0.2, 0.25) is 0 Å². The van der Waals surface area contributed by atoms with Gasteiger partial charge < -0.3 is 5.32 Å². The van der Waals surface area contributed by atoms with Crippen molar-refractivity contribution < 1.29 is 4.39 Å². The highest BCUT2D eigenvalue weighted by Crippen LogP contribution is 2.37. The molecule has 0 saturated heterocycles. The summed E-state index contributed by atoms with van der Waals surface area (Å²) in [4.78, 5) is 0. The maximum atomic E-state index is 14.1. The summed E-state index contributed by atoms with van der Waals surface area (Å²) in [6, 6.07) is 4.19. The van der Waals surface area contributed by atoms with E-state index >= 15 is 0 Å². The molecule has 17 heavy (non-hydrogen) atoms. The van der Waals surface area contributed by atoms with E-state index in [2.05, 4.69) is 21.2 Å². The molecule has 0 heterocycles. The summed E-state index contributed by atoms with van der Waals surface area (Å²) in [6.07, 6.45) is 4.36. The van der Waals surface area contributed by atoms with Gasteiger partial charge in [0, 0.05) is 10.5 Å². The highest BCUT2D eigenvalue weighted by Gasteiger charge is 2.25. The summed E-state index contributed by atoms with van der Waals surface area (Å²) < 4.78 is 14.7. The fourth-order valence-electron chi connectivity index (χ4n) is 2.59. The zero-order valence-electron chi connectivity index (χ0n) is 9.77. The normalized spacial score (nSPS) is 24.9. The molecule has 2 rings (SSSR count). The Morgan fingerprint density at radius 1 is 1.41 bits per heavy atom. The maximum absolute atomic E-state index is 14.1. The van der Waals surface area contributed by atoms with E-state index in [1.54, 1.807) is 0 Å². The molecule has 2 atom stereocenters. The van der Waals surface area contributed by atoms with Gasteiger partial charge in [0.25, 0.3) is 0 Å². The van der Waals surface area contributed by atoms with E-state index in [1.807, 2.05) is 19.2 Å². The van der Waals surface area contributed by atoms with Crippen LogP contribution in [0.5, 0.6) is 0 Å². The predicted octanol–water partition coefficient (Wildman–Crippen LogP) is 4.49. The van der Waals surface area contributed by atoms with Crippen molar-refractivity contribution in [2.24, 2.45) is 0 Å². The molecule has 94 valence electrons. The number of hydrogen-bond acceptors (Lipinski definition) is 1. The van der Waals surface area contributed by atoms with Crippen LogP contribution in [-0.4, -0.2) is 13.1 Å². The Bertz CT molecular complexity index is 411. The molecule has 4 heteroatoms. The minimum Gasteiger partial charge on any atom is -0.317 e. The quantitative estimate of drug-likeness (QED) is 0.792. The average molecular weight is 321 g/mol. The molecule has 1 aromatic carbocycles. The minimum absolute atomic E-state index is 0.203. The Morgan fingerprint density at radius 2 is 2.18 bits per heavy atom. The highest BCUT2D eigenvalue weighted by atomic mass is 79.9. The SMILES string of the molecule is CNC1CCCC(c2ccc(Br)c(Cl)c2F)C1. The van der Waals surface area contributed by atoms with Crippen LogP contribution in [0.1, 0.15) is 37.2 Å². The third-order valence-electron chi connectivity index (χ3n) is 3.59. The van der Waals surface area contributed by atoms with Crippen LogP contribution in [0.3, 0.4) is 0 Å². The molecule has 0 amide bonds. The molecule has 1 fully saturated rings. The van der Waals surface area contributed by atoms with Gasteiger partial charge in [-0.3, -0.25) is 0 Å². The van der Waals surface area contributed by atoms with Gasteiger partial charge in [-0.1, -0.05) is 24.1 Å². The third-order valence-corrected chi connectivity index (χ3v) is 4.85. The van der Waals surface area contributed by atoms with Gasteiger partial charge >= 0.3 is 0 Å². The second-order valence-corrected chi connectivity index (χ2v) is 5.85. The van der Waals surface area contributed by atoms with Gasteiger partial charge in [0.1, 0.15) is 5.82 Å². The summed E-state index contributed by atoms with van der Waals surface area (Å²) in [5.74, 6) is 0.0228. The molecule has 0 aliphatic heterocycles. The minimum atomic E-state index is -0.261. The average Bonchev–Trinajstić information content (AvgIpc) is 2.36. The van der Waals surface area contributed by atoms with Crippen molar-refractivity contribution >= 4 is 27.5 Å². The van der Waals surface area contributed by atoms with Crippen LogP contribution in [-0.2, 0) is 0 Å². The second-order valence-electron chi connectivity index (χ2n) is 4.61. The zero-order chi connectivity index (χ0) is 12.4. The Labute approximate surface area is 115 Å². The van der Waals surface area contributed by atoms with E-state index in [0.29, 0.717) is 10.5 Å². The van der Waals surface area contributed by atoms with Crippen LogP contribution < -0.4 is 5.32 Å². The van der Waals surface area contributed by atoms with Gasteiger partial charge in [-0.2, -0.15) is 0 Å². The smallest absolute Gasteiger partial charge is 0.146 e. The maximum Gasteiger partial charge on any atom is 0.146 e. The molecule has 0 bridgehead atoms. The van der Waals surface area contributed by atoms with Gasteiger partial charge in [-0.05, 0) is 59.8 Å². The lowest BCUT2D eigenvalue weighted by atomic mass is 9.81. The standard InChI is InChI=1S/C13H16BrClFN/c1-17-9-4-2-3-8(7-9)10-5-6-11(14)12(15)13(10)16/h5-6,8-9,17H,2-4,7H2,1H3. The van der Waals surface area contributed by atoms with E-state index in [-0.39, 0.29) is 16.8 Å². The second kappa shape index (κ2) is 5.68. The number of halogens is 3. The van der Waals surface area contributed by atoms with Crippen molar-refractivity contribution in [3.05, 3.63) is 33.0 Å². The first-order chi connectivity index (χ1) is 8.13. The van der Waals surface area contributed by atoms with Crippen molar-refractivity contribution in [1.82, 2.24) is 5.32 Å². The van der Waals surface area contributed by atoms with Crippen molar-refractivity contribution in [2.45, 2.75) is 37.6 Å². The molecule has 1 saturated carbocycles. The molecule has 1 N–H and O–H groups in total. The van der Waals surface area contributed by atoms with Crippen LogP contribution in [0.15, 0.2) is 16.6 Å². The molecule has 1 nitrogen and oxygen atoms in total. The van der Waals surface area contributed by atoms with Crippen molar-refractivity contribution in [3.8, 4) is 0 Å². The predicted molar refractivity (Wildman–Crippen MR) is 73.2 cm³/mol. The number of hydrogen-bond donors (Lipinski definition) is 1. The van der Waals surface area contributed by atoms with Gasteiger partial charge in [0.15, 0.2) is 0 Å². The van der Waals surface area contributed by atoms with Gasteiger partial charge in [-0.25, -0.2) is 4.39 Å². The Kier molecular flexibility index (Phi) is 4.45. The number of rotatable bonds is 2. The summed E-state index contributed by atoms with van der Waals surface area (Å²) >= 11 is 9.18. The Balaban J connectivity index is 2.25. The van der Waals surface area contributed by atoms with Crippen LogP contribution in [0.4, 0.5) is 4.39 Å². The van der Waals surface area contributed by atoms with Crippen LogP contribution in [0, 0.1) is 5.82 Å². The van der Waals surface area contributed by atoms with E-state index in [0.717, 1.165) is 24.8 Å². The van der Waals surface area contributed by atoms with E-state index in [9.17, 15) is 4.39 Å². The fraction of sp³-hybridized carbons (Fsp3) is 0.538.